The van der Waals surface area contributed by atoms with Gasteiger partial charge in [0.15, 0.2) is 0 Å². The van der Waals surface area contributed by atoms with Crippen LogP contribution in [0.15, 0.2) is 70.7 Å². The average molecular weight is 387 g/mol. The van der Waals surface area contributed by atoms with Crippen molar-refractivity contribution in [1.29, 1.82) is 0 Å². The first-order valence-electron chi connectivity index (χ1n) is 8.36. The van der Waals surface area contributed by atoms with Gasteiger partial charge < -0.3 is 9.84 Å². The van der Waals surface area contributed by atoms with Crippen LogP contribution in [0.2, 0.25) is 0 Å². The first-order valence-corrected chi connectivity index (χ1v) is 9.84. The van der Waals surface area contributed by atoms with Crippen molar-refractivity contribution in [3.8, 4) is 5.75 Å². The van der Waals surface area contributed by atoms with Crippen LogP contribution in [-0.4, -0.2) is 31.1 Å². The number of carbonyl (C=O) groups is 1. The summed E-state index contributed by atoms with van der Waals surface area (Å²) in [7, 11) is -3.58. The minimum Gasteiger partial charge on any atom is -0.506 e. The van der Waals surface area contributed by atoms with Crippen LogP contribution in [0.25, 0.3) is 10.8 Å². The summed E-state index contributed by atoms with van der Waals surface area (Å²) in [6.07, 6.45) is 3.84. The van der Waals surface area contributed by atoms with E-state index in [0.29, 0.717) is 17.2 Å². The Morgan fingerprint density at radius 2 is 1.81 bits per heavy atom. The molecule has 0 saturated carbocycles. The number of sulfone groups is 1. The van der Waals surface area contributed by atoms with Gasteiger partial charge in [-0.1, -0.05) is 31.2 Å². The molecule has 2 aromatic carbocycles. The number of ether oxygens (including phenoxy) is 1. The average Bonchev–Trinajstić information content (AvgIpc) is 2.69. The van der Waals surface area contributed by atoms with Crippen molar-refractivity contribution in [2.45, 2.75) is 36.2 Å². The van der Waals surface area contributed by atoms with Crippen LogP contribution in [0, 0.1) is 0 Å². The van der Waals surface area contributed by atoms with Crippen molar-refractivity contribution < 1.29 is 23.1 Å². The van der Waals surface area contributed by atoms with Gasteiger partial charge in [0.2, 0.25) is 9.84 Å². The Morgan fingerprint density at radius 1 is 1.11 bits per heavy atom. The molecule has 27 heavy (non-hydrogen) atoms. The van der Waals surface area contributed by atoms with E-state index in [1.165, 1.54) is 18.3 Å². The summed E-state index contributed by atoms with van der Waals surface area (Å²) in [5.41, 5.74) is 0. The van der Waals surface area contributed by atoms with E-state index >= 15 is 0 Å². The molecule has 0 saturated heterocycles. The maximum atomic E-state index is 12.5. The first-order chi connectivity index (χ1) is 12.9. The number of aromatic nitrogens is 1. The van der Waals surface area contributed by atoms with Crippen molar-refractivity contribution in [3.63, 3.8) is 0 Å². The summed E-state index contributed by atoms with van der Waals surface area (Å²) in [6, 6.07) is 12.8. The van der Waals surface area contributed by atoms with Crippen LogP contribution in [-0.2, 0) is 19.4 Å². The van der Waals surface area contributed by atoms with Crippen LogP contribution in [0.5, 0.6) is 5.75 Å². The molecule has 7 heteroatoms. The van der Waals surface area contributed by atoms with E-state index in [9.17, 15) is 18.3 Å². The minimum atomic E-state index is -3.58. The van der Waals surface area contributed by atoms with Crippen LogP contribution in [0.1, 0.15) is 20.3 Å². The molecule has 0 aliphatic heterocycles. The lowest BCUT2D eigenvalue weighted by molar-refractivity contribution is -0.132. The molecule has 0 bridgehead atoms. The molecule has 3 aromatic rings. The molecule has 0 radical (unpaired) electrons. The maximum absolute atomic E-state index is 12.5. The van der Waals surface area contributed by atoms with E-state index in [4.69, 9.17) is 0 Å². The molecule has 142 valence electrons. The highest BCUT2D eigenvalue weighted by molar-refractivity contribution is 7.91. The maximum Gasteiger partial charge on any atom is 0.293 e. The lowest BCUT2D eigenvalue weighted by Crippen LogP contribution is -2.03. The normalized spacial score (nSPS) is 11.9. The number of rotatable bonds is 5. The fourth-order valence-electron chi connectivity index (χ4n) is 2.22. The highest BCUT2D eigenvalue weighted by Crippen LogP contribution is 2.28. The molecule has 1 aromatic heterocycles. The van der Waals surface area contributed by atoms with E-state index in [1.54, 1.807) is 42.6 Å². The number of aromatic hydroxyl groups is 1. The molecule has 3 rings (SSSR count). The van der Waals surface area contributed by atoms with E-state index in [0.717, 1.165) is 6.42 Å². The van der Waals surface area contributed by atoms with Crippen LogP contribution in [0.4, 0.5) is 0 Å². The quantitative estimate of drug-likeness (QED) is 0.671. The first kappa shape index (κ1) is 20.4. The Labute approximate surface area is 158 Å². The molecule has 1 atom stereocenters. The third kappa shape index (κ3) is 5.04. The largest absolute Gasteiger partial charge is 0.506 e. The van der Waals surface area contributed by atoms with Gasteiger partial charge in [-0.3, -0.25) is 9.78 Å². The molecule has 0 spiro atoms. The van der Waals surface area contributed by atoms with Gasteiger partial charge >= 0.3 is 0 Å². The molecule has 6 nitrogen and oxygen atoms in total. The summed E-state index contributed by atoms with van der Waals surface area (Å²) in [5, 5.41) is 10.9. The number of carbonyl (C=O) groups excluding carboxylic acids is 1. The zero-order valence-electron chi connectivity index (χ0n) is 15.1. The SMILES string of the molecule is CCC(C)OC=O.O=S(=O)(c1ccccc1)c1ccc2cncc(O)c2c1. The predicted molar refractivity (Wildman–Crippen MR) is 102 cm³/mol. The van der Waals surface area contributed by atoms with Gasteiger partial charge in [0.05, 0.1) is 22.1 Å². The van der Waals surface area contributed by atoms with E-state index in [2.05, 4.69) is 9.72 Å². The highest BCUT2D eigenvalue weighted by atomic mass is 32.2. The zero-order valence-corrected chi connectivity index (χ0v) is 15.9. The summed E-state index contributed by atoms with van der Waals surface area (Å²) in [6.45, 7) is 4.30. The molecular weight excluding hydrogens is 366 g/mol. The van der Waals surface area contributed by atoms with Crippen LogP contribution in [0.3, 0.4) is 0 Å². The Morgan fingerprint density at radius 3 is 2.41 bits per heavy atom. The summed E-state index contributed by atoms with van der Waals surface area (Å²) < 4.78 is 29.5. The Kier molecular flexibility index (Phi) is 6.90. The zero-order chi connectivity index (χ0) is 19.9. The molecule has 1 unspecified atom stereocenters. The highest BCUT2D eigenvalue weighted by Gasteiger charge is 2.18. The fraction of sp³-hybridized carbons (Fsp3) is 0.200. The van der Waals surface area contributed by atoms with Gasteiger partial charge in [-0.2, -0.15) is 0 Å². The standard InChI is InChI=1S/C15H11NO3S.C5H10O2/c17-15-10-16-9-11-6-7-13(8-14(11)15)20(18,19)12-4-2-1-3-5-12;1-3-5(2)7-4-6/h1-10,17H;4-5H,3H2,1-2H3. The summed E-state index contributed by atoms with van der Waals surface area (Å²) in [5.74, 6) is -0.0346. The second-order valence-corrected chi connectivity index (χ2v) is 7.76. The van der Waals surface area contributed by atoms with Crippen molar-refractivity contribution in [2.24, 2.45) is 0 Å². The lowest BCUT2D eigenvalue weighted by atomic mass is 10.2. The number of hydrogen-bond acceptors (Lipinski definition) is 6. The summed E-state index contributed by atoms with van der Waals surface area (Å²) >= 11 is 0. The van der Waals surface area contributed by atoms with Crippen molar-refractivity contribution in [2.75, 3.05) is 0 Å². The summed E-state index contributed by atoms with van der Waals surface area (Å²) in [4.78, 5) is 13.8. The van der Waals surface area contributed by atoms with E-state index < -0.39 is 9.84 Å². The Hall–Kier alpha value is -2.93. The molecule has 0 fully saturated rings. The minimum absolute atomic E-state index is 0.0346. The van der Waals surface area contributed by atoms with Crippen LogP contribution < -0.4 is 0 Å². The van der Waals surface area contributed by atoms with Gasteiger partial charge in [0, 0.05) is 17.0 Å². The molecular formula is C20H21NO5S. The molecule has 1 N–H and O–H groups in total. The Balaban J connectivity index is 0.000000321. The number of nitrogens with zero attached hydrogens (tertiary/aromatic N) is 1. The van der Waals surface area contributed by atoms with Crippen molar-refractivity contribution in [3.05, 3.63) is 60.9 Å². The second-order valence-electron chi connectivity index (χ2n) is 5.81. The predicted octanol–water partition coefficient (Wildman–Crippen LogP) is 3.73. The number of benzene rings is 2. The van der Waals surface area contributed by atoms with Crippen molar-refractivity contribution in [1.82, 2.24) is 4.98 Å². The van der Waals surface area contributed by atoms with Gasteiger partial charge in [0.1, 0.15) is 5.75 Å². The second kappa shape index (κ2) is 9.14. The van der Waals surface area contributed by atoms with Crippen molar-refractivity contribution >= 4 is 27.1 Å². The third-order valence-electron chi connectivity index (χ3n) is 3.94. The monoisotopic (exact) mass is 387 g/mol. The lowest BCUT2D eigenvalue weighted by Gasteiger charge is -2.06. The number of fused-ring (bicyclic) bond motifs is 1. The van der Waals surface area contributed by atoms with Gasteiger partial charge in [-0.25, -0.2) is 8.42 Å². The number of hydrogen-bond donors (Lipinski definition) is 1. The molecule has 0 aliphatic rings. The van der Waals surface area contributed by atoms with E-state index in [1.807, 2.05) is 13.8 Å². The van der Waals surface area contributed by atoms with Gasteiger partial charge in [-0.05, 0) is 37.6 Å². The van der Waals surface area contributed by atoms with Gasteiger partial charge in [0.25, 0.3) is 6.47 Å². The molecule has 0 amide bonds. The topological polar surface area (TPSA) is 93.6 Å². The molecule has 1 heterocycles. The van der Waals surface area contributed by atoms with Gasteiger partial charge in [-0.15, -0.1) is 0 Å². The molecule has 0 aliphatic carbocycles. The smallest absolute Gasteiger partial charge is 0.293 e. The Bertz CT molecular complexity index is 1000. The third-order valence-corrected chi connectivity index (χ3v) is 5.71. The number of pyridine rings is 1. The van der Waals surface area contributed by atoms with E-state index in [-0.39, 0.29) is 21.6 Å². The fourth-order valence-corrected chi connectivity index (χ4v) is 3.53. The van der Waals surface area contributed by atoms with Crippen LogP contribution >= 0.6 is 0 Å².